The van der Waals surface area contributed by atoms with Crippen LogP contribution in [0.4, 0.5) is 4.48 Å². The van der Waals surface area contributed by atoms with E-state index in [2.05, 4.69) is 0 Å². The first-order valence-corrected chi connectivity index (χ1v) is 3.14. The Kier molecular flexibility index (Phi) is 1.73. The summed E-state index contributed by atoms with van der Waals surface area (Å²) in [6.07, 6.45) is 0. The molecule has 1 rings (SSSR count). The summed E-state index contributed by atoms with van der Waals surface area (Å²) in [4.78, 5) is 0. The summed E-state index contributed by atoms with van der Waals surface area (Å²) >= 11 is 0. The molecule has 1 heterocycles. The van der Waals surface area contributed by atoms with Gasteiger partial charge < -0.3 is 4.74 Å². The van der Waals surface area contributed by atoms with Crippen LogP contribution in [0.15, 0.2) is 0 Å². The first-order chi connectivity index (χ1) is 4.13. The molecule has 3 heteroatoms. The van der Waals surface area contributed by atoms with Crippen molar-refractivity contribution in [3.63, 3.8) is 0 Å². The van der Waals surface area contributed by atoms with Crippen molar-refractivity contribution in [3.05, 3.63) is 0 Å². The standard InChI is InChI=1S/C6H12FNO/c1-6(2)5-9-4-3-8(6)7/h3-5H2,1-2H3. The van der Waals surface area contributed by atoms with Crippen molar-refractivity contribution in [2.75, 3.05) is 19.8 Å². The first-order valence-electron chi connectivity index (χ1n) is 3.14. The largest absolute Gasteiger partial charge is 0.378 e. The highest BCUT2D eigenvalue weighted by atomic mass is 19.2. The van der Waals surface area contributed by atoms with Gasteiger partial charge in [0.1, 0.15) is 0 Å². The van der Waals surface area contributed by atoms with E-state index in [0.29, 0.717) is 19.8 Å². The van der Waals surface area contributed by atoms with Crippen molar-refractivity contribution in [3.8, 4) is 0 Å². The smallest absolute Gasteiger partial charge is 0.0690 e. The van der Waals surface area contributed by atoms with Crippen molar-refractivity contribution in [2.24, 2.45) is 0 Å². The maximum absolute atomic E-state index is 12.7. The lowest BCUT2D eigenvalue weighted by Crippen LogP contribution is -2.48. The third kappa shape index (κ3) is 1.40. The van der Waals surface area contributed by atoms with Crippen LogP contribution >= 0.6 is 0 Å². The summed E-state index contributed by atoms with van der Waals surface area (Å²) in [7, 11) is 0. The lowest BCUT2D eigenvalue weighted by atomic mass is 10.1. The summed E-state index contributed by atoms with van der Waals surface area (Å²) in [6.45, 7) is 5.05. The van der Waals surface area contributed by atoms with Crippen molar-refractivity contribution in [2.45, 2.75) is 19.4 Å². The molecule has 0 N–H and O–H groups in total. The number of hydrogen-bond donors (Lipinski definition) is 0. The van der Waals surface area contributed by atoms with Gasteiger partial charge in [0, 0.05) is 0 Å². The Hall–Kier alpha value is -0.150. The summed E-state index contributed by atoms with van der Waals surface area (Å²) in [5.41, 5.74) is -0.418. The van der Waals surface area contributed by atoms with Crippen molar-refractivity contribution in [1.82, 2.24) is 5.12 Å². The monoisotopic (exact) mass is 133 g/mol. The molecule has 0 radical (unpaired) electrons. The second-order valence-electron chi connectivity index (χ2n) is 2.95. The van der Waals surface area contributed by atoms with Gasteiger partial charge in [-0.25, -0.2) is 0 Å². The maximum atomic E-state index is 12.7. The van der Waals surface area contributed by atoms with Crippen molar-refractivity contribution >= 4 is 0 Å². The molecule has 1 aliphatic rings. The lowest BCUT2D eigenvalue weighted by Gasteiger charge is -2.34. The van der Waals surface area contributed by atoms with E-state index in [4.69, 9.17) is 4.74 Å². The average Bonchev–Trinajstić information content (AvgIpc) is 1.77. The van der Waals surface area contributed by atoms with Gasteiger partial charge in [-0.1, -0.05) is 0 Å². The summed E-state index contributed by atoms with van der Waals surface area (Å²) in [5.74, 6) is 0. The Morgan fingerprint density at radius 2 is 2.22 bits per heavy atom. The number of halogens is 1. The molecule has 0 bridgehead atoms. The SMILES string of the molecule is CC1(C)COCCN1F. The molecule has 9 heavy (non-hydrogen) atoms. The van der Waals surface area contributed by atoms with E-state index in [1.165, 1.54) is 0 Å². The zero-order valence-corrected chi connectivity index (χ0v) is 5.85. The van der Waals surface area contributed by atoms with Crippen LogP contribution in [0.2, 0.25) is 0 Å². The van der Waals surface area contributed by atoms with E-state index in [0.717, 1.165) is 5.12 Å². The Morgan fingerprint density at radius 1 is 1.56 bits per heavy atom. The first kappa shape index (κ1) is 6.96. The van der Waals surface area contributed by atoms with Gasteiger partial charge in [-0.3, -0.25) is 0 Å². The zero-order valence-electron chi connectivity index (χ0n) is 5.85. The van der Waals surface area contributed by atoms with E-state index >= 15 is 0 Å². The predicted molar refractivity (Wildman–Crippen MR) is 32.7 cm³/mol. The highest BCUT2D eigenvalue weighted by molar-refractivity contribution is 4.78. The van der Waals surface area contributed by atoms with Crippen molar-refractivity contribution in [1.29, 1.82) is 0 Å². The Labute approximate surface area is 54.5 Å². The van der Waals surface area contributed by atoms with Gasteiger partial charge in [0.15, 0.2) is 0 Å². The fraction of sp³-hybridized carbons (Fsp3) is 1.00. The highest BCUT2D eigenvalue weighted by Gasteiger charge is 2.30. The van der Waals surface area contributed by atoms with Gasteiger partial charge in [-0.15, -0.1) is 9.60 Å². The molecular formula is C6H12FNO. The van der Waals surface area contributed by atoms with Crippen LogP contribution in [-0.4, -0.2) is 30.4 Å². The van der Waals surface area contributed by atoms with Gasteiger partial charge in [0.2, 0.25) is 0 Å². The van der Waals surface area contributed by atoms with Crippen LogP contribution in [0.5, 0.6) is 0 Å². The van der Waals surface area contributed by atoms with Gasteiger partial charge in [-0.05, 0) is 13.8 Å². The predicted octanol–water partition coefficient (Wildman–Crippen LogP) is 0.982. The molecule has 2 nitrogen and oxygen atoms in total. The van der Waals surface area contributed by atoms with Gasteiger partial charge >= 0.3 is 0 Å². The topological polar surface area (TPSA) is 12.5 Å². The van der Waals surface area contributed by atoms with Crippen LogP contribution in [0.1, 0.15) is 13.8 Å². The summed E-state index contributed by atoms with van der Waals surface area (Å²) in [5, 5.41) is 0.830. The lowest BCUT2D eigenvalue weighted by molar-refractivity contribution is -0.151. The van der Waals surface area contributed by atoms with Gasteiger partial charge in [0.05, 0.1) is 25.3 Å². The van der Waals surface area contributed by atoms with Crippen LogP contribution in [0.3, 0.4) is 0 Å². The average molecular weight is 133 g/mol. The van der Waals surface area contributed by atoms with Crippen LogP contribution in [-0.2, 0) is 4.74 Å². The van der Waals surface area contributed by atoms with E-state index < -0.39 is 5.54 Å². The molecule has 0 aromatic rings. The number of rotatable bonds is 0. The molecule has 0 aromatic heterocycles. The maximum Gasteiger partial charge on any atom is 0.0690 e. The minimum atomic E-state index is -0.418. The number of morpholine rings is 1. The normalized spacial score (nSPS) is 28.3. The Balaban J connectivity index is 2.49. The molecule has 0 saturated carbocycles. The molecule has 0 spiro atoms. The van der Waals surface area contributed by atoms with Crippen LogP contribution in [0.25, 0.3) is 0 Å². The third-order valence-electron chi connectivity index (χ3n) is 1.54. The second-order valence-corrected chi connectivity index (χ2v) is 2.95. The van der Waals surface area contributed by atoms with E-state index in [1.54, 1.807) is 0 Å². The fourth-order valence-electron chi connectivity index (χ4n) is 0.839. The number of nitrogens with zero attached hydrogens (tertiary/aromatic N) is 1. The fourth-order valence-corrected chi connectivity index (χ4v) is 0.839. The molecule has 0 unspecified atom stereocenters. The van der Waals surface area contributed by atoms with Gasteiger partial charge in [0.25, 0.3) is 0 Å². The zero-order chi connectivity index (χ0) is 6.91. The highest BCUT2D eigenvalue weighted by Crippen LogP contribution is 2.18. The summed E-state index contributed by atoms with van der Waals surface area (Å²) < 4.78 is 17.8. The molecule has 1 aliphatic heterocycles. The third-order valence-corrected chi connectivity index (χ3v) is 1.54. The quantitative estimate of drug-likeness (QED) is 0.457. The van der Waals surface area contributed by atoms with E-state index in [1.807, 2.05) is 13.8 Å². The minimum Gasteiger partial charge on any atom is -0.378 e. The second kappa shape index (κ2) is 2.23. The molecule has 1 fully saturated rings. The Bertz CT molecular complexity index is 105. The molecule has 1 saturated heterocycles. The molecule has 0 aromatic carbocycles. The molecule has 0 aliphatic carbocycles. The van der Waals surface area contributed by atoms with E-state index in [-0.39, 0.29) is 0 Å². The van der Waals surface area contributed by atoms with Crippen molar-refractivity contribution < 1.29 is 9.22 Å². The molecule has 0 amide bonds. The van der Waals surface area contributed by atoms with Crippen LogP contribution in [0, 0.1) is 0 Å². The summed E-state index contributed by atoms with van der Waals surface area (Å²) in [6, 6.07) is 0. The number of ether oxygens (including phenoxy) is 1. The molecule has 54 valence electrons. The number of hydrogen-bond acceptors (Lipinski definition) is 2. The molecule has 0 atom stereocenters. The van der Waals surface area contributed by atoms with E-state index in [9.17, 15) is 4.48 Å². The van der Waals surface area contributed by atoms with Crippen LogP contribution < -0.4 is 0 Å². The molecular weight excluding hydrogens is 121 g/mol. The van der Waals surface area contributed by atoms with Gasteiger partial charge in [-0.2, -0.15) is 0 Å². The Morgan fingerprint density at radius 3 is 2.56 bits per heavy atom. The minimum absolute atomic E-state index is 0.396.